The molecule has 0 aliphatic carbocycles. The van der Waals surface area contributed by atoms with Crippen LogP contribution in [-0.2, 0) is 0 Å². The Bertz CT molecular complexity index is 935. The lowest BCUT2D eigenvalue weighted by Crippen LogP contribution is -2.14. The maximum atomic E-state index is 12.2. The predicted octanol–water partition coefficient (Wildman–Crippen LogP) is 3.98. The summed E-state index contributed by atoms with van der Waals surface area (Å²) in [7, 11) is 0. The number of ketones is 1. The van der Waals surface area contributed by atoms with Gasteiger partial charge in [0.1, 0.15) is 0 Å². The number of nitrogens with one attached hydrogen (secondary N) is 2. The first-order valence-electron chi connectivity index (χ1n) is 8.11. The average molecular weight is 346 g/mol. The third-order valence-electron chi connectivity index (χ3n) is 3.74. The van der Waals surface area contributed by atoms with E-state index in [1.165, 1.54) is 6.92 Å². The first-order chi connectivity index (χ1) is 12.5. The largest absolute Gasteiger partial charge is 0.339 e. The summed E-state index contributed by atoms with van der Waals surface area (Å²) in [4.78, 5) is 23.5. The van der Waals surface area contributed by atoms with Crippen molar-refractivity contribution in [3.8, 4) is 0 Å². The van der Waals surface area contributed by atoms with Crippen LogP contribution in [-0.4, -0.2) is 21.9 Å². The van der Waals surface area contributed by atoms with Gasteiger partial charge in [-0.2, -0.15) is 0 Å². The van der Waals surface area contributed by atoms with Crippen LogP contribution in [0.5, 0.6) is 0 Å². The molecule has 1 amide bonds. The minimum absolute atomic E-state index is 0.0227. The highest BCUT2D eigenvalue weighted by Gasteiger charge is 2.09. The third-order valence-corrected chi connectivity index (χ3v) is 3.74. The summed E-state index contributed by atoms with van der Waals surface area (Å²) in [6.45, 7) is 3.50. The van der Waals surface area contributed by atoms with Gasteiger partial charge in [0.15, 0.2) is 17.3 Å². The Morgan fingerprint density at radius 3 is 2.27 bits per heavy atom. The zero-order valence-electron chi connectivity index (χ0n) is 14.5. The van der Waals surface area contributed by atoms with Gasteiger partial charge in [0.2, 0.25) is 0 Å². The topological polar surface area (TPSA) is 84.0 Å². The summed E-state index contributed by atoms with van der Waals surface area (Å²) >= 11 is 0. The predicted molar refractivity (Wildman–Crippen MR) is 101 cm³/mol. The molecule has 1 aromatic heterocycles. The standard InChI is InChI=1S/C20H18N4O2/c1-13-4-3-5-17(12-13)21-19-11-10-18(23-24-19)20(26)22-16-8-6-15(7-9-16)14(2)25/h3-12H,1-2H3,(H,21,24)(H,22,26). The number of nitrogens with zero attached hydrogens (tertiary/aromatic N) is 2. The normalized spacial score (nSPS) is 10.2. The Kier molecular flexibility index (Phi) is 5.03. The number of hydrogen-bond donors (Lipinski definition) is 2. The number of aryl methyl sites for hydroxylation is 1. The van der Waals surface area contributed by atoms with E-state index in [0.29, 0.717) is 17.1 Å². The van der Waals surface area contributed by atoms with Crippen molar-refractivity contribution < 1.29 is 9.59 Å². The molecular formula is C20H18N4O2. The van der Waals surface area contributed by atoms with Gasteiger partial charge in [-0.1, -0.05) is 12.1 Å². The molecule has 0 fully saturated rings. The molecule has 6 heteroatoms. The Morgan fingerprint density at radius 2 is 1.65 bits per heavy atom. The van der Waals surface area contributed by atoms with Gasteiger partial charge in [-0.25, -0.2) is 0 Å². The summed E-state index contributed by atoms with van der Waals surface area (Å²) in [5.74, 6) is 0.165. The zero-order chi connectivity index (χ0) is 18.5. The van der Waals surface area contributed by atoms with Crippen LogP contribution in [0.25, 0.3) is 0 Å². The summed E-state index contributed by atoms with van der Waals surface area (Å²) in [5, 5.41) is 13.9. The van der Waals surface area contributed by atoms with Crippen molar-refractivity contribution in [1.29, 1.82) is 0 Å². The number of rotatable bonds is 5. The summed E-state index contributed by atoms with van der Waals surface area (Å²) in [5.41, 5.74) is 3.42. The average Bonchev–Trinajstić information content (AvgIpc) is 2.63. The minimum atomic E-state index is -0.366. The van der Waals surface area contributed by atoms with Crippen molar-refractivity contribution in [3.05, 3.63) is 77.5 Å². The van der Waals surface area contributed by atoms with E-state index in [9.17, 15) is 9.59 Å². The van der Waals surface area contributed by atoms with Crippen molar-refractivity contribution in [3.63, 3.8) is 0 Å². The number of anilines is 3. The van der Waals surface area contributed by atoms with Crippen molar-refractivity contribution in [2.75, 3.05) is 10.6 Å². The number of carbonyl (C=O) groups is 2. The van der Waals surface area contributed by atoms with Crippen LogP contribution in [0.3, 0.4) is 0 Å². The third kappa shape index (κ3) is 4.30. The molecule has 0 bridgehead atoms. The molecule has 3 rings (SSSR count). The van der Waals surface area contributed by atoms with Gasteiger partial charge in [0, 0.05) is 16.9 Å². The van der Waals surface area contributed by atoms with Crippen molar-refractivity contribution in [2.24, 2.45) is 0 Å². The maximum absolute atomic E-state index is 12.2. The number of benzene rings is 2. The first kappa shape index (κ1) is 17.3. The minimum Gasteiger partial charge on any atom is -0.339 e. The lowest BCUT2D eigenvalue weighted by atomic mass is 10.1. The van der Waals surface area contributed by atoms with Crippen LogP contribution < -0.4 is 10.6 Å². The molecule has 2 aromatic carbocycles. The van der Waals surface area contributed by atoms with E-state index in [-0.39, 0.29) is 17.4 Å². The molecule has 0 spiro atoms. The van der Waals surface area contributed by atoms with E-state index in [1.54, 1.807) is 36.4 Å². The number of aromatic nitrogens is 2. The number of hydrogen-bond acceptors (Lipinski definition) is 5. The second-order valence-corrected chi connectivity index (χ2v) is 5.89. The highest BCUT2D eigenvalue weighted by atomic mass is 16.2. The molecule has 26 heavy (non-hydrogen) atoms. The molecule has 0 unspecified atom stereocenters. The van der Waals surface area contributed by atoms with Crippen molar-refractivity contribution in [1.82, 2.24) is 10.2 Å². The number of Topliss-reactive ketones (excluding diaryl/α,β-unsaturated/α-hetero) is 1. The quantitative estimate of drug-likeness (QED) is 0.683. The summed E-state index contributed by atoms with van der Waals surface area (Å²) in [6, 6.07) is 17.9. The van der Waals surface area contributed by atoms with Gasteiger partial charge < -0.3 is 10.6 Å². The van der Waals surface area contributed by atoms with Crippen LogP contribution in [0.1, 0.15) is 33.3 Å². The molecule has 130 valence electrons. The van der Waals surface area contributed by atoms with Gasteiger partial charge in [0.25, 0.3) is 5.91 Å². The summed E-state index contributed by atoms with van der Waals surface area (Å²) < 4.78 is 0. The Labute approximate surface area is 151 Å². The fraction of sp³-hybridized carbons (Fsp3) is 0.100. The van der Waals surface area contributed by atoms with Crippen LogP contribution in [0.15, 0.2) is 60.7 Å². The molecule has 1 heterocycles. The molecule has 2 N–H and O–H groups in total. The van der Waals surface area contributed by atoms with E-state index in [4.69, 9.17) is 0 Å². The molecule has 0 aliphatic rings. The van der Waals surface area contributed by atoms with E-state index in [0.717, 1.165) is 11.3 Å². The van der Waals surface area contributed by atoms with E-state index in [1.807, 2.05) is 31.2 Å². The highest BCUT2D eigenvalue weighted by Crippen LogP contribution is 2.16. The summed E-state index contributed by atoms with van der Waals surface area (Å²) in [6.07, 6.45) is 0. The second kappa shape index (κ2) is 7.57. The molecule has 0 radical (unpaired) electrons. The van der Waals surface area contributed by atoms with Crippen molar-refractivity contribution >= 4 is 28.9 Å². The van der Waals surface area contributed by atoms with Gasteiger partial charge in [-0.15, -0.1) is 10.2 Å². The molecule has 6 nitrogen and oxygen atoms in total. The molecule has 3 aromatic rings. The molecule has 0 saturated heterocycles. The molecule has 0 aliphatic heterocycles. The van der Waals surface area contributed by atoms with Crippen LogP contribution >= 0.6 is 0 Å². The highest BCUT2D eigenvalue weighted by molar-refractivity contribution is 6.03. The second-order valence-electron chi connectivity index (χ2n) is 5.89. The number of amides is 1. The van der Waals surface area contributed by atoms with Gasteiger partial charge in [-0.05, 0) is 67.9 Å². The molecule has 0 saturated carbocycles. The maximum Gasteiger partial charge on any atom is 0.276 e. The van der Waals surface area contributed by atoms with Crippen LogP contribution in [0.2, 0.25) is 0 Å². The Balaban J connectivity index is 1.65. The fourth-order valence-corrected chi connectivity index (χ4v) is 2.37. The van der Waals surface area contributed by atoms with Gasteiger partial charge in [0.05, 0.1) is 0 Å². The Hall–Kier alpha value is -3.54. The SMILES string of the molecule is CC(=O)c1ccc(NC(=O)c2ccc(Nc3cccc(C)c3)nn2)cc1. The molecule has 0 atom stereocenters. The van der Waals surface area contributed by atoms with Crippen LogP contribution in [0.4, 0.5) is 17.2 Å². The van der Waals surface area contributed by atoms with E-state index in [2.05, 4.69) is 20.8 Å². The smallest absolute Gasteiger partial charge is 0.276 e. The number of carbonyl (C=O) groups excluding carboxylic acids is 2. The van der Waals surface area contributed by atoms with E-state index < -0.39 is 0 Å². The van der Waals surface area contributed by atoms with Gasteiger partial charge >= 0.3 is 0 Å². The lowest BCUT2D eigenvalue weighted by molar-refractivity contribution is 0.101. The van der Waals surface area contributed by atoms with Crippen LogP contribution in [0, 0.1) is 6.92 Å². The lowest BCUT2D eigenvalue weighted by Gasteiger charge is -2.07. The fourth-order valence-electron chi connectivity index (χ4n) is 2.37. The monoisotopic (exact) mass is 346 g/mol. The van der Waals surface area contributed by atoms with E-state index >= 15 is 0 Å². The van der Waals surface area contributed by atoms with Gasteiger partial charge in [-0.3, -0.25) is 9.59 Å². The Morgan fingerprint density at radius 1 is 0.885 bits per heavy atom. The molecular weight excluding hydrogens is 328 g/mol. The zero-order valence-corrected chi connectivity index (χ0v) is 14.5. The van der Waals surface area contributed by atoms with Crippen molar-refractivity contribution in [2.45, 2.75) is 13.8 Å². The first-order valence-corrected chi connectivity index (χ1v) is 8.11.